The normalized spacial score (nSPS) is 18.2. The van der Waals surface area contributed by atoms with Crippen molar-refractivity contribution in [3.05, 3.63) is 21.9 Å². The van der Waals surface area contributed by atoms with Gasteiger partial charge in [-0.25, -0.2) is 0 Å². The number of rotatable bonds is 6. The summed E-state index contributed by atoms with van der Waals surface area (Å²) in [5.41, 5.74) is 0. The molecule has 1 saturated heterocycles. The van der Waals surface area contributed by atoms with Crippen LogP contribution in [0.1, 0.15) is 36.6 Å². The molecule has 130 valence electrons. The highest BCUT2D eigenvalue weighted by Gasteiger charge is 2.23. The molecule has 1 unspecified atom stereocenters. The molecule has 5 nitrogen and oxygen atoms in total. The second kappa shape index (κ2) is 9.25. The fourth-order valence-electron chi connectivity index (χ4n) is 2.68. The molecule has 0 bridgehead atoms. The molecule has 1 aliphatic rings. The van der Waals surface area contributed by atoms with Crippen LogP contribution in [0.2, 0.25) is 0 Å². The van der Waals surface area contributed by atoms with Crippen molar-refractivity contribution in [2.75, 3.05) is 39.4 Å². The van der Waals surface area contributed by atoms with Crippen molar-refractivity contribution >= 4 is 17.3 Å². The molecule has 2 heterocycles. The van der Waals surface area contributed by atoms with Crippen molar-refractivity contribution in [2.24, 2.45) is 4.99 Å². The lowest BCUT2D eigenvalue weighted by Crippen LogP contribution is -2.43. The lowest BCUT2D eigenvalue weighted by Gasteiger charge is -2.33. The molecule has 1 atom stereocenters. The van der Waals surface area contributed by atoms with E-state index >= 15 is 0 Å². The van der Waals surface area contributed by atoms with Gasteiger partial charge in [-0.05, 0) is 39.8 Å². The van der Waals surface area contributed by atoms with E-state index in [0.29, 0.717) is 12.1 Å². The van der Waals surface area contributed by atoms with Gasteiger partial charge in [0.15, 0.2) is 5.96 Å². The van der Waals surface area contributed by atoms with Crippen molar-refractivity contribution in [3.8, 4) is 0 Å². The van der Waals surface area contributed by atoms with Crippen LogP contribution in [-0.4, -0.2) is 56.3 Å². The maximum atomic E-state index is 5.51. The Morgan fingerprint density at radius 3 is 2.65 bits per heavy atom. The smallest absolute Gasteiger partial charge is 0.191 e. The summed E-state index contributed by atoms with van der Waals surface area (Å²) in [6, 6.07) is 5.16. The Labute approximate surface area is 144 Å². The third kappa shape index (κ3) is 5.79. The van der Waals surface area contributed by atoms with Gasteiger partial charge in [-0.15, -0.1) is 11.3 Å². The standard InChI is InChI=1S/C17H30N4OS/c1-5-18-17(20-13(2)3)19-12-15(16-7-6-14(4)23-16)21-8-10-22-11-9-21/h6-7,13,15H,5,8-12H2,1-4H3,(H2,18,19,20). The van der Waals surface area contributed by atoms with Crippen LogP contribution in [0.15, 0.2) is 17.1 Å². The monoisotopic (exact) mass is 338 g/mol. The molecule has 1 aromatic rings. The van der Waals surface area contributed by atoms with Gasteiger partial charge in [-0.3, -0.25) is 9.89 Å². The van der Waals surface area contributed by atoms with Crippen molar-refractivity contribution in [2.45, 2.75) is 39.8 Å². The van der Waals surface area contributed by atoms with Crippen LogP contribution < -0.4 is 10.6 Å². The zero-order valence-electron chi connectivity index (χ0n) is 14.8. The maximum Gasteiger partial charge on any atom is 0.191 e. The van der Waals surface area contributed by atoms with E-state index in [2.05, 4.69) is 55.4 Å². The first-order valence-electron chi connectivity index (χ1n) is 8.53. The summed E-state index contributed by atoms with van der Waals surface area (Å²) in [7, 11) is 0. The average Bonchev–Trinajstić information content (AvgIpc) is 2.94. The predicted octanol–water partition coefficient (Wildman–Crippen LogP) is 2.39. The highest BCUT2D eigenvalue weighted by atomic mass is 32.1. The molecule has 1 aliphatic heterocycles. The number of nitrogens with zero attached hydrogens (tertiary/aromatic N) is 2. The van der Waals surface area contributed by atoms with E-state index in [0.717, 1.165) is 45.4 Å². The minimum absolute atomic E-state index is 0.334. The number of aryl methyl sites for hydroxylation is 1. The molecule has 0 aliphatic carbocycles. The van der Waals surface area contributed by atoms with Crippen LogP contribution in [0.4, 0.5) is 0 Å². The van der Waals surface area contributed by atoms with Crippen LogP contribution in [0.5, 0.6) is 0 Å². The molecule has 0 radical (unpaired) electrons. The van der Waals surface area contributed by atoms with Gasteiger partial charge in [-0.1, -0.05) is 0 Å². The first kappa shape index (κ1) is 18.2. The van der Waals surface area contributed by atoms with Gasteiger partial charge >= 0.3 is 0 Å². The largest absolute Gasteiger partial charge is 0.379 e. The minimum Gasteiger partial charge on any atom is -0.379 e. The first-order chi connectivity index (χ1) is 11.1. The highest BCUT2D eigenvalue weighted by molar-refractivity contribution is 7.12. The summed E-state index contributed by atoms with van der Waals surface area (Å²) in [6.07, 6.45) is 0. The SMILES string of the molecule is CCNC(=NCC(c1ccc(C)s1)N1CCOCC1)NC(C)C. The van der Waals surface area contributed by atoms with Crippen LogP contribution >= 0.6 is 11.3 Å². The quantitative estimate of drug-likeness (QED) is 0.618. The molecule has 6 heteroatoms. The summed E-state index contributed by atoms with van der Waals surface area (Å²) in [4.78, 5) is 10.1. The molecular weight excluding hydrogens is 308 g/mol. The maximum absolute atomic E-state index is 5.51. The molecule has 2 rings (SSSR count). The average molecular weight is 339 g/mol. The van der Waals surface area contributed by atoms with Gasteiger partial charge in [0.2, 0.25) is 0 Å². The van der Waals surface area contributed by atoms with E-state index in [1.54, 1.807) is 0 Å². The zero-order valence-corrected chi connectivity index (χ0v) is 15.6. The van der Waals surface area contributed by atoms with E-state index < -0.39 is 0 Å². The molecule has 23 heavy (non-hydrogen) atoms. The minimum atomic E-state index is 0.334. The number of morpholine rings is 1. The number of nitrogens with one attached hydrogen (secondary N) is 2. The van der Waals surface area contributed by atoms with Gasteiger partial charge in [0.1, 0.15) is 0 Å². The molecule has 0 spiro atoms. The predicted molar refractivity (Wildman–Crippen MR) is 98.4 cm³/mol. The Kier molecular flexibility index (Phi) is 7.33. The van der Waals surface area contributed by atoms with Crippen molar-refractivity contribution in [3.63, 3.8) is 0 Å². The molecular formula is C17H30N4OS. The van der Waals surface area contributed by atoms with Crippen LogP contribution in [0.25, 0.3) is 0 Å². The second-order valence-electron chi connectivity index (χ2n) is 6.13. The highest BCUT2D eigenvalue weighted by Crippen LogP contribution is 2.28. The van der Waals surface area contributed by atoms with E-state index in [4.69, 9.17) is 9.73 Å². The summed E-state index contributed by atoms with van der Waals surface area (Å²) in [5, 5.41) is 6.72. The van der Waals surface area contributed by atoms with Gasteiger partial charge in [0, 0.05) is 35.4 Å². The fraction of sp³-hybridized carbons (Fsp3) is 0.706. The molecule has 1 fully saturated rings. The van der Waals surface area contributed by atoms with Crippen LogP contribution in [0.3, 0.4) is 0 Å². The van der Waals surface area contributed by atoms with Crippen molar-refractivity contribution in [1.82, 2.24) is 15.5 Å². The number of ether oxygens (including phenoxy) is 1. The molecule has 0 aromatic carbocycles. The van der Waals surface area contributed by atoms with Gasteiger partial charge in [-0.2, -0.15) is 0 Å². The second-order valence-corrected chi connectivity index (χ2v) is 7.45. The fourth-order valence-corrected chi connectivity index (χ4v) is 3.68. The molecule has 2 N–H and O–H groups in total. The Bertz CT molecular complexity index is 495. The Morgan fingerprint density at radius 1 is 1.35 bits per heavy atom. The number of aliphatic imine (C=N–C) groups is 1. The summed E-state index contributed by atoms with van der Waals surface area (Å²) in [6.45, 7) is 13.8. The molecule has 0 amide bonds. The summed E-state index contributed by atoms with van der Waals surface area (Å²) < 4.78 is 5.51. The lowest BCUT2D eigenvalue weighted by atomic mass is 10.2. The number of guanidine groups is 1. The van der Waals surface area contributed by atoms with Crippen LogP contribution in [0, 0.1) is 6.92 Å². The number of thiophene rings is 1. The lowest BCUT2D eigenvalue weighted by molar-refractivity contribution is 0.0186. The number of hydrogen-bond donors (Lipinski definition) is 2. The first-order valence-corrected chi connectivity index (χ1v) is 9.34. The van der Waals surface area contributed by atoms with E-state index in [1.165, 1.54) is 9.75 Å². The Morgan fingerprint density at radius 2 is 2.09 bits per heavy atom. The van der Waals surface area contributed by atoms with E-state index in [9.17, 15) is 0 Å². The summed E-state index contributed by atoms with van der Waals surface area (Å²) >= 11 is 1.88. The van der Waals surface area contributed by atoms with Gasteiger partial charge in [0.05, 0.1) is 25.8 Å². The third-order valence-corrected chi connectivity index (χ3v) is 4.87. The molecule has 0 saturated carbocycles. The van der Waals surface area contributed by atoms with Crippen molar-refractivity contribution < 1.29 is 4.74 Å². The summed E-state index contributed by atoms with van der Waals surface area (Å²) in [5.74, 6) is 0.897. The zero-order chi connectivity index (χ0) is 16.7. The van der Waals surface area contributed by atoms with E-state index in [1.807, 2.05) is 11.3 Å². The third-order valence-electron chi connectivity index (χ3n) is 3.77. The Balaban J connectivity index is 2.12. The Hall–Kier alpha value is -1.11. The van der Waals surface area contributed by atoms with Crippen LogP contribution in [-0.2, 0) is 4.74 Å². The van der Waals surface area contributed by atoms with Crippen molar-refractivity contribution in [1.29, 1.82) is 0 Å². The topological polar surface area (TPSA) is 48.9 Å². The molecule has 1 aromatic heterocycles. The van der Waals surface area contributed by atoms with Gasteiger partial charge < -0.3 is 15.4 Å². The van der Waals surface area contributed by atoms with Gasteiger partial charge in [0.25, 0.3) is 0 Å². The van der Waals surface area contributed by atoms with E-state index in [-0.39, 0.29) is 0 Å². The number of hydrogen-bond acceptors (Lipinski definition) is 4.